The molecular weight excluding hydrogens is 438 g/mol. The second-order valence-electron chi connectivity index (χ2n) is 9.13. The van der Waals surface area contributed by atoms with Gasteiger partial charge in [0.1, 0.15) is 0 Å². The number of amides is 3. The van der Waals surface area contributed by atoms with Gasteiger partial charge in [-0.3, -0.25) is 4.79 Å². The predicted molar refractivity (Wildman–Crippen MR) is 142 cm³/mol. The van der Waals surface area contributed by atoms with Gasteiger partial charge in [0.2, 0.25) is 5.91 Å². The smallest absolute Gasteiger partial charge is 0.315 e. The van der Waals surface area contributed by atoms with E-state index in [-0.39, 0.29) is 17.5 Å². The van der Waals surface area contributed by atoms with E-state index in [1.165, 1.54) is 5.19 Å². The zero-order chi connectivity index (χ0) is 24.2. The van der Waals surface area contributed by atoms with Crippen molar-refractivity contribution in [1.29, 1.82) is 0 Å². The first-order chi connectivity index (χ1) is 16.4. The van der Waals surface area contributed by atoms with Crippen LogP contribution in [0, 0.1) is 0 Å². The van der Waals surface area contributed by atoms with Crippen LogP contribution in [0.3, 0.4) is 0 Å². The van der Waals surface area contributed by atoms with Crippen molar-refractivity contribution in [3.63, 3.8) is 0 Å². The van der Waals surface area contributed by atoms with Crippen LogP contribution in [0.4, 0.5) is 4.79 Å². The summed E-state index contributed by atoms with van der Waals surface area (Å²) < 4.78 is 0. The Balaban J connectivity index is 1.57. The van der Waals surface area contributed by atoms with Crippen LogP contribution in [0.15, 0.2) is 91.0 Å². The van der Waals surface area contributed by atoms with E-state index in [1.807, 2.05) is 66.7 Å². The molecule has 3 aromatic rings. The summed E-state index contributed by atoms with van der Waals surface area (Å²) in [7, 11) is -1.94. The second kappa shape index (κ2) is 12.7. The van der Waals surface area contributed by atoms with E-state index in [2.05, 4.69) is 53.3 Å². The largest absolute Gasteiger partial charge is 0.352 e. The number of hydrogen-bond donors (Lipinski definition) is 3. The molecule has 0 bridgehead atoms. The zero-order valence-corrected chi connectivity index (χ0v) is 21.1. The molecule has 1 atom stereocenters. The molecule has 0 aliphatic rings. The molecule has 0 heterocycles. The first-order valence-corrected chi connectivity index (χ1v) is 14.9. The van der Waals surface area contributed by atoms with Crippen LogP contribution >= 0.6 is 0 Å². The topological polar surface area (TPSA) is 70.2 Å². The number of benzene rings is 3. The van der Waals surface area contributed by atoms with E-state index < -0.39 is 8.07 Å². The van der Waals surface area contributed by atoms with Crippen LogP contribution in [0.5, 0.6) is 0 Å². The number of hydrogen-bond acceptors (Lipinski definition) is 2. The highest BCUT2D eigenvalue weighted by Gasteiger charge is 2.34. The summed E-state index contributed by atoms with van der Waals surface area (Å²) in [6.45, 7) is 6.19. The molecule has 3 rings (SSSR count). The van der Waals surface area contributed by atoms with Gasteiger partial charge >= 0.3 is 6.03 Å². The summed E-state index contributed by atoms with van der Waals surface area (Å²) in [6, 6.07) is 30.1. The minimum absolute atomic E-state index is 0.0419. The molecule has 5 nitrogen and oxygen atoms in total. The third-order valence-corrected chi connectivity index (χ3v) is 10.8. The van der Waals surface area contributed by atoms with Gasteiger partial charge in [-0.25, -0.2) is 4.79 Å². The summed E-state index contributed by atoms with van der Waals surface area (Å²) in [4.78, 5) is 25.1. The van der Waals surface area contributed by atoms with Crippen molar-refractivity contribution < 1.29 is 9.59 Å². The van der Waals surface area contributed by atoms with Crippen molar-refractivity contribution in [1.82, 2.24) is 16.0 Å². The number of carbonyl (C=O) groups is 2. The van der Waals surface area contributed by atoms with Crippen LogP contribution in [-0.2, 0) is 17.9 Å². The highest BCUT2D eigenvalue weighted by Crippen LogP contribution is 2.26. The van der Waals surface area contributed by atoms with Crippen LogP contribution < -0.4 is 21.1 Å². The van der Waals surface area contributed by atoms with Gasteiger partial charge in [0.15, 0.2) is 0 Å². The molecule has 0 fully saturated rings. The summed E-state index contributed by atoms with van der Waals surface area (Å²) in [5.74, 6) is 0.0419. The molecule has 0 aliphatic heterocycles. The molecule has 3 amide bonds. The van der Waals surface area contributed by atoms with Gasteiger partial charge in [-0.15, -0.1) is 0 Å². The van der Waals surface area contributed by atoms with Crippen molar-refractivity contribution in [3.05, 3.63) is 102 Å². The predicted octanol–water partition coefficient (Wildman–Crippen LogP) is 4.57. The van der Waals surface area contributed by atoms with Gasteiger partial charge in [-0.2, -0.15) is 0 Å². The number of urea groups is 1. The molecule has 0 radical (unpaired) electrons. The third kappa shape index (κ3) is 7.88. The Hall–Kier alpha value is -3.38. The van der Waals surface area contributed by atoms with Gasteiger partial charge in [0.25, 0.3) is 0 Å². The van der Waals surface area contributed by atoms with Crippen molar-refractivity contribution in [2.75, 3.05) is 6.54 Å². The molecule has 178 valence electrons. The molecular formula is C28H35N3O2Si. The fourth-order valence-corrected chi connectivity index (χ4v) is 7.07. The summed E-state index contributed by atoms with van der Waals surface area (Å²) in [5, 5.41) is 10.4. The zero-order valence-electron chi connectivity index (χ0n) is 20.1. The van der Waals surface area contributed by atoms with E-state index in [4.69, 9.17) is 0 Å². The lowest BCUT2D eigenvalue weighted by atomic mass is 10.2. The molecule has 3 N–H and O–H groups in total. The highest BCUT2D eigenvalue weighted by atomic mass is 28.3. The quantitative estimate of drug-likeness (QED) is 0.357. The molecule has 1 unspecified atom stereocenters. The molecule has 0 saturated heterocycles. The summed E-state index contributed by atoms with van der Waals surface area (Å²) in [5.41, 5.74) is 2.37. The van der Waals surface area contributed by atoms with E-state index in [9.17, 15) is 9.59 Å². The molecule has 6 heteroatoms. The van der Waals surface area contributed by atoms with E-state index in [1.54, 1.807) is 0 Å². The van der Waals surface area contributed by atoms with Crippen LogP contribution in [0.25, 0.3) is 0 Å². The van der Waals surface area contributed by atoms with E-state index >= 15 is 0 Å². The van der Waals surface area contributed by atoms with Crippen molar-refractivity contribution in [3.8, 4) is 0 Å². The Morgan fingerprint density at radius 3 is 1.76 bits per heavy atom. The van der Waals surface area contributed by atoms with Crippen LogP contribution in [0.1, 0.15) is 24.0 Å². The molecule has 0 aromatic heterocycles. The minimum atomic E-state index is -1.94. The molecule has 0 aliphatic carbocycles. The normalized spacial score (nSPS) is 11.9. The van der Waals surface area contributed by atoms with E-state index in [0.29, 0.717) is 26.1 Å². The van der Waals surface area contributed by atoms with Crippen molar-refractivity contribution in [2.45, 2.75) is 44.6 Å². The minimum Gasteiger partial charge on any atom is -0.352 e. The monoisotopic (exact) mass is 473 g/mol. The van der Waals surface area contributed by atoms with Crippen LogP contribution in [-0.4, -0.2) is 26.6 Å². The summed E-state index contributed by atoms with van der Waals surface area (Å²) >= 11 is 0. The molecule has 0 saturated carbocycles. The average Bonchev–Trinajstić information content (AvgIpc) is 2.87. The SMILES string of the molecule is C[Si](C)(c1ccccc1)C(CCC(=O)NCc1ccccc1)CNC(=O)NCc1ccccc1. The van der Waals surface area contributed by atoms with Crippen molar-refractivity contribution >= 4 is 25.2 Å². The number of nitrogens with one attached hydrogen (secondary N) is 3. The summed E-state index contributed by atoms with van der Waals surface area (Å²) in [6.07, 6.45) is 1.17. The Morgan fingerprint density at radius 1 is 0.706 bits per heavy atom. The maximum atomic E-state index is 12.6. The first-order valence-electron chi connectivity index (χ1n) is 11.9. The lowest BCUT2D eigenvalue weighted by Crippen LogP contribution is -2.50. The Labute approximate surface area is 204 Å². The van der Waals surface area contributed by atoms with Crippen LogP contribution in [0.2, 0.25) is 18.6 Å². The van der Waals surface area contributed by atoms with Gasteiger partial charge < -0.3 is 16.0 Å². The third-order valence-electron chi connectivity index (χ3n) is 6.40. The molecule has 0 spiro atoms. The number of rotatable bonds is 11. The van der Waals surface area contributed by atoms with Gasteiger partial charge in [0, 0.05) is 26.1 Å². The Kier molecular flexibility index (Phi) is 9.47. The van der Waals surface area contributed by atoms with Crippen molar-refractivity contribution in [2.24, 2.45) is 0 Å². The molecule has 3 aromatic carbocycles. The molecule has 34 heavy (non-hydrogen) atoms. The fourth-order valence-electron chi connectivity index (χ4n) is 4.07. The maximum Gasteiger partial charge on any atom is 0.315 e. The standard InChI is InChI=1S/C28H35N3O2Si/c1-34(2,25-16-10-5-11-17-25)26(18-19-27(32)29-20-23-12-6-3-7-13-23)22-31-28(33)30-21-24-14-8-4-9-15-24/h3-17,26H,18-22H2,1-2H3,(H,29,32)(H2,30,31,33). The lowest BCUT2D eigenvalue weighted by molar-refractivity contribution is -0.121. The first kappa shape index (κ1) is 25.2. The highest BCUT2D eigenvalue weighted by molar-refractivity contribution is 6.91. The van der Waals surface area contributed by atoms with E-state index in [0.717, 1.165) is 17.5 Å². The lowest BCUT2D eigenvalue weighted by Gasteiger charge is -2.33. The second-order valence-corrected chi connectivity index (χ2v) is 14.0. The van der Waals surface area contributed by atoms with Gasteiger partial charge in [0.05, 0.1) is 8.07 Å². The average molecular weight is 474 g/mol. The Bertz CT molecular complexity index is 968. The van der Waals surface area contributed by atoms with Gasteiger partial charge in [-0.1, -0.05) is 109 Å². The number of carbonyl (C=O) groups excluding carboxylic acids is 2. The van der Waals surface area contributed by atoms with Gasteiger partial charge in [-0.05, 0) is 23.1 Å². The maximum absolute atomic E-state index is 12.6. The fraction of sp³-hybridized carbons (Fsp3) is 0.286. The Morgan fingerprint density at radius 2 is 1.21 bits per heavy atom.